The Hall–Kier alpha value is -2.88. The van der Waals surface area contributed by atoms with Crippen LogP contribution in [0.15, 0.2) is 30.9 Å². The smallest absolute Gasteiger partial charge is 0.246 e. The van der Waals surface area contributed by atoms with Crippen molar-refractivity contribution in [1.29, 1.82) is 5.26 Å². The Morgan fingerprint density at radius 2 is 2.04 bits per heavy atom. The van der Waals surface area contributed by atoms with Crippen LogP contribution in [0.1, 0.15) is 12.5 Å². The van der Waals surface area contributed by atoms with Gasteiger partial charge in [0.25, 0.3) is 0 Å². The molecule has 0 aliphatic carbocycles. The predicted octanol–water partition coefficient (Wildman–Crippen LogP) is 1.38. The van der Waals surface area contributed by atoms with Crippen molar-refractivity contribution >= 4 is 17.5 Å². The minimum absolute atomic E-state index is 0.0204. The molecule has 1 fully saturated rings. The average Bonchev–Trinajstić information content (AvgIpc) is 2.65. The minimum Gasteiger partial charge on any atom is -0.366 e. The number of halogens is 1. The highest BCUT2D eigenvalue weighted by Gasteiger charge is 2.24. The second-order valence-electron chi connectivity index (χ2n) is 5.70. The summed E-state index contributed by atoms with van der Waals surface area (Å²) in [5.41, 5.74) is 0.713. The number of piperazine rings is 1. The van der Waals surface area contributed by atoms with Crippen molar-refractivity contribution < 1.29 is 14.0 Å². The molecule has 6 nitrogen and oxygen atoms in total. The van der Waals surface area contributed by atoms with E-state index in [0.29, 0.717) is 38.4 Å². The van der Waals surface area contributed by atoms with Crippen LogP contribution in [-0.4, -0.2) is 60.9 Å². The molecule has 1 aliphatic rings. The monoisotopic (exact) mass is 344 g/mol. The van der Waals surface area contributed by atoms with Crippen LogP contribution in [0.3, 0.4) is 0 Å². The van der Waals surface area contributed by atoms with Gasteiger partial charge in [-0.25, -0.2) is 4.39 Å². The summed E-state index contributed by atoms with van der Waals surface area (Å²) in [6, 6.07) is 6.29. The first-order valence-electron chi connectivity index (χ1n) is 8.13. The lowest BCUT2D eigenvalue weighted by atomic mass is 10.2. The molecule has 132 valence electrons. The van der Waals surface area contributed by atoms with Crippen LogP contribution in [0.2, 0.25) is 0 Å². The maximum absolute atomic E-state index is 14.1. The molecule has 1 aliphatic heterocycles. The van der Waals surface area contributed by atoms with E-state index >= 15 is 0 Å². The zero-order valence-corrected chi connectivity index (χ0v) is 14.2. The molecule has 7 heteroatoms. The number of hydrogen-bond donors (Lipinski definition) is 0. The van der Waals surface area contributed by atoms with E-state index in [0.717, 1.165) is 0 Å². The Balaban J connectivity index is 1.95. The number of carbonyl (C=O) groups is 2. The highest BCUT2D eigenvalue weighted by molar-refractivity contribution is 5.91. The highest BCUT2D eigenvalue weighted by Crippen LogP contribution is 2.21. The third kappa shape index (κ3) is 4.35. The minimum atomic E-state index is -0.437. The predicted molar refractivity (Wildman–Crippen MR) is 92.4 cm³/mol. The summed E-state index contributed by atoms with van der Waals surface area (Å²) in [5.74, 6) is -0.835. The van der Waals surface area contributed by atoms with E-state index in [-0.39, 0.29) is 23.9 Å². The van der Waals surface area contributed by atoms with Gasteiger partial charge in [-0.05, 0) is 31.2 Å². The van der Waals surface area contributed by atoms with Gasteiger partial charge in [-0.3, -0.25) is 9.59 Å². The number of anilines is 1. The summed E-state index contributed by atoms with van der Waals surface area (Å²) in [6.07, 6.45) is 1.20. The van der Waals surface area contributed by atoms with Gasteiger partial charge in [-0.1, -0.05) is 6.58 Å². The lowest BCUT2D eigenvalue weighted by Crippen LogP contribution is -2.52. The molecule has 1 aromatic carbocycles. The fraction of sp³-hybridized carbons (Fsp3) is 0.389. The Kier molecular flexibility index (Phi) is 6.12. The van der Waals surface area contributed by atoms with E-state index < -0.39 is 5.82 Å². The number of hydrogen-bond acceptors (Lipinski definition) is 4. The normalized spacial score (nSPS) is 14.0. The summed E-state index contributed by atoms with van der Waals surface area (Å²) in [4.78, 5) is 29.0. The van der Waals surface area contributed by atoms with Gasteiger partial charge in [0.2, 0.25) is 11.8 Å². The van der Waals surface area contributed by atoms with Crippen molar-refractivity contribution in [1.82, 2.24) is 9.80 Å². The molecule has 1 saturated heterocycles. The van der Waals surface area contributed by atoms with Crippen LogP contribution < -0.4 is 4.90 Å². The number of benzene rings is 1. The van der Waals surface area contributed by atoms with Gasteiger partial charge in [-0.2, -0.15) is 5.26 Å². The van der Waals surface area contributed by atoms with E-state index in [1.165, 1.54) is 17.0 Å². The quantitative estimate of drug-likeness (QED) is 0.757. The van der Waals surface area contributed by atoms with Crippen LogP contribution in [0.25, 0.3) is 0 Å². The van der Waals surface area contributed by atoms with Crippen LogP contribution >= 0.6 is 0 Å². The molecule has 2 amide bonds. The first-order chi connectivity index (χ1) is 12.0. The molecule has 25 heavy (non-hydrogen) atoms. The maximum Gasteiger partial charge on any atom is 0.246 e. The van der Waals surface area contributed by atoms with Crippen molar-refractivity contribution in [3.8, 4) is 6.07 Å². The zero-order valence-electron chi connectivity index (χ0n) is 14.2. The van der Waals surface area contributed by atoms with E-state index in [1.807, 2.05) is 11.0 Å². The fourth-order valence-corrected chi connectivity index (χ4v) is 2.77. The second-order valence-corrected chi connectivity index (χ2v) is 5.70. The van der Waals surface area contributed by atoms with Crippen LogP contribution in [0.4, 0.5) is 10.1 Å². The summed E-state index contributed by atoms with van der Waals surface area (Å²) in [6.45, 7) is 7.60. The molecule has 0 aromatic heterocycles. The van der Waals surface area contributed by atoms with Gasteiger partial charge < -0.3 is 14.7 Å². The first kappa shape index (κ1) is 18.5. The standard InChI is InChI=1S/C18H21FN4O2/c1-3-17(24)21(4-2)13-18(25)23-9-7-22(8-10-23)16-6-5-14(12-20)11-15(16)19/h3,5-6,11H,1,4,7-10,13H2,2H3. The molecule has 0 saturated carbocycles. The summed E-state index contributed by atoms with van der Waals surface area (Å²) >= 11 is 0. The van der Waals surface area contributed by atoms with Gasteiger partial charge in [0.1, 0.15) is 5.82 Å². The Labute approximate surface area is 146 Å². The number of likely N-dealkylation sites (N-methyl/N-ethyl adjacent to an activating group) is 1. The summed E-state index contributed by atoms with van der Waals surface area (Å²) < 4.78 is 14.1. The van der Waals surface area contributed by atoms with Gasteiger partial charge in [-0.15, -0.1) is 0 Å². The van der Waals surface area contributed by atoms with E-state index in [1.54, 1.807) is 24.0 Å². The molecular weight excluding hydrogens is 323 g/mol. The van der Waals surface area contributed by atoms with Crippen LogP contribution in [-0.2, 0) is 9.59 Å². The summed E-state index contributed by atoms with van der Waals surface area (Å²) in [7, 11) is 0. The number of nitrogens with zero attached hydrogens (tertiary/aromatic N) is 4. The summed E-state index contributed by atoms with van der Waals surface area (Å²) in [5, 5.41) is 8.80. The molecular formula is C18H21FN4O2. The van der Waals surface area contributed by atoms with E-state index in [9.17, 15) is 14.0 Å². The van der Waals surface area contributed by atoms with Crippen molar-refractivity contribution in [2.45, 2.75) is 6.92 Å². The fourth-order valence-electron chi connectivity index (χ4n) is 2.77. The molecule has 0 atom stereocenters. The van der Waals surface area contributed by atoms with E-state index in [4.69, 9.17) is 5.26 Å². The van der Waals surface area contributed by atoms with Crippen molar-refractivity contribution in [3.05, 3.63) is 42.2 Å². The average molecular weight is 344 g/mol. The van der Waals surface area contributed by atoms with E-state index in [2.05, 4.69) is 6.58 Å². The van der Waals surface area contributed by atoms with Crippen molar-refractivity contribution in [2.75, 3.05) is 44.2 Å². The number of nitriles is 1. The van der Waals surface area contributed by atoms with Crippen LogP contribution in [0, 0.1) is 17.1 Å². The van der Waals surface area contributed by atoms with Crippen LogP contribution in [0.5, 0.6) is 0 Å². The third-order valence-corrected chi connectivity index (χ3v) is 4.24. The Morgan fingerprint density at radius 3 is 2.56 bits per heavy atom. The van der Waals surface area contributed by atoms with Gasteiger partial charge in [0.05, 0.1) is 23.9 Å². The third-order valence-electron chi connectivity index (χ3n) is 4.24. The van der Waals surface area contributed by atoms with Gasteiger partial charge >= 0.3 is 0 Å². The van der Waals surface area contributed by atoms with Gasteiger partial charge in [0.15, 0.2) is 0 Å². The lowest BCUT2D eigenvalue weighted by Gasteiger charge is -2.37. The topological polar surface area (TPSA) is 67.7 Å². The highest BCUT2D eigenvalue weighted by atomic mass is 19.1. The first-order valence-corrected chi connectivity index (χ1v) is 8.13. The van der Waals surface area contributed by atoms with Gasteiger partial charge in [0, 0.05) is 32.7 Å². The molecule has 0 N–H and O–H groups in total. The maximum atomic E-state index is 14.1. The number of rotatable bonds is 5. The number of amides is 2. The Bertz CT molecular complexity index is 706. The number of carbonyl (C=O) groups excluding carboxylic acids is 2. The Morgan fingerprint density at radius 1 is 1.36 bits per heavy atom. The lowest BCUT2D eigenvalue weighted by molar-refractivity contribution is -0.138. The molecule has 0 bridgehead atoms. The van der Waals surface area contributed by atoms with Crippen molar-refractivity contribution in [2.24, 2.45) is 0 Å². The molecule has 2 rings (SSSR count). The molecule has 0 spiro atoms. The second kappa shape index (κ2) is 8.29. The zero-order chi connectivity index (χ0) is 18.4. The van der Waals surface area contributed by atoms with Crippen molar-refractivity contribution in [3.63, 3.8) is 0 Å². The SMILES string of the molecule is C=CC(=O)N(CC)CC(=O)N1CCN(c2ccc(C#N)cc2F)CC1. The molecule has 1 aromatic rings. The molecule has 1 heterocycles. The molecule has 0 radical (unpaired) electrons. The largest absolute Gasteiger partial charge is 0.366 e. The molecule has 0 unspecified atom stereocenters.